The van der Waals surface area contributed by atoms with Gasteiger partial charge < -0.3 is 20.5 Å². The normalized spacial score (nSPS) is 18.7. The Morgan fingerprint density at radius 3 is 2.68 bits per heavy atom. The van der Waals surface area contributed by atoms with Crippen LogP contribution >= 0.6 is 11.3 Å². The van der Waals surface area contributed by atoms with Crippen molar-refractivity contribution in [3.8, 4) is 0 Å². The van der Waals surface area contributed by atoms with Crippen molar-refractivity contribution in [3.05, 3.63) is 10.4 Å². The van der Waals surface area contributed by atoms with E-state index in [1.807, 2.05) is 4.90 Å². The molecule has 0 amide bonds. The predicted octanol–water partition coefficient (Wildman–Crippen LogP) is 0.891. The van der Waals surface area contributed by atoms with Crippen molar-refractivity contribution in [1.82, 2.24) is 0 Å². The van der Waals surface area contributed by atoms with Gasteiger partial charge in [0, 0.05) is 20.0 Å². The predicted molar refractivity (Wildman–Crippen MR) is 72.9 cm³/mol. The van der Waals surface area contributed by atoms with Gasteiger partial charge in [-0.25, -0.2) is 4.79 Å². The van der Waals surface area contributed by atoms with Crippen LogP contribution in [0.15, 0.2) is 0 Å². The van der Waals surface area contributed by atoms with Gasteiger partial charge in [0.1, 0.15) is 10.6 Å². The lowest BCUT2D eigenvalue weighted by atomic mass is 10.2. The van der Waals surface area contributed by atoms with Crippen molar-refractivity contribution in [2.24, 2.45) is 0 Å². The van der Waals surface area contributed by atoms with Crippen molar-refractivity contribution < 1.29 is 19.4 Å². The summed E-state index contributed by atoms with van der Waals surface area (Å²) in [5.41, 5.74) is 6.28. The van der Waals surface area contributed by atoms with Crippen LogP contribution in [-0.4, -0.2) is 43.2 Å². The van der Waals surface area contributed by atoms with Crippen LogP contribution in [0.5, 0.6) is 0 Å². The number of Topliss-reactive ketones (excluding diaryl/α,β-unsaturated/α-hetero) is 1. The maximum absolute atomic E-state index is 11.8. The number of hydrogen-bond acceptors (Lipinski definition) is 7. The highest BCUT2D eigenvalue weighted by Gasteiger charge is 2.31. The number of aliphatic hydroxyl groups excluding tert-OH is 1. The van der Waals surface area contributed by atoms with E-state index in [2.05, 4.69) is 0 Å². The highest BCUT2D eigenvalue weighted by Crippen LogP contribution is 2.40. The zero-order valence-electron chi connectivity index (χ0n) is 10.8. The van der Waals surface area contributed by atoms with Crippen LogP contribution in [0.3, 0.4) is 0 Å². The molecule has 1 atom stereocenters. The number of nitrogen functional groups attached to an aromatic ring is 1. The SMILES string of the molecule is COC(=O)c1c(N2CCC(O)C2)sc(C(C)=O)c1N. The third-order valence-electron chi connectivity index (χ3n) is 3.09. The highest BCUT2D eigenvalue weighted by molar-refractivity contribution is 7.19. The number of esters is 1. The third kappa shape index (κ3) is 2.43. The van der Waals surface area contributed by atoms with Crippen molar-refractivity contribution in [2.75, 3.05) is 30.8 Å². The van der Waals surface area contributed by atoms with Crippen LogP contribution in [0, 0.1) is 0 Å². The van der Waals surface area contributed by atoms with Crippen LogP contribution in [0.4, 0.5) is 10.7 Å². The fraction of sp³-hybridized carbons (Fsp3) is 0.500. The Bertz CT molecular complexity index is 526. The standard InChI is InChI=1S/C12H16N2O4S/c1-6(15)10-9(13)8(12(17)18-2)11(19-10)14-4-3-7(16)5-14/h7,16H,3-5,13H2,1-2H3. The lowest BCUT2D eigenvalue weighted by Crippen LogP contribution is -2.22. The minimum Gasteiger partial charge on any atom is -0.465 e. The summed E-state index contributed by atoms with van der Waals surface area (Å²) < 4.78 is 4.72. The molecule has 0 spiro atoms. The molecular weight excluding hydrogens is 268 g/mol. The molecule has 3 N–H and O–H groups in total. The quantitative estimate of drug-likeness (QED) is 0.632. The number of nitrogens with two attached hydrogens (primary N) is 1. The van der Waals surface area contributed by atoms with Gasteiger partial charge in [0.25, 0.3) is 0 Å². The summed E-state index contributed by atoms with van der Waals surface area (Å²) in [5, 5.41) is 10.2. The molecule has 1 fully saturated rings. The number of hydrogen-bond donors (Lipinski definition) is 2. The zero-order chi connectivity index (χ0) is 14.2. The van der Waals surface area contributed by atoms with E-state index in [1.165, 1.54) is 25.4 Å². The maximum atomic E-state index is 11.8. The van der Waals surface area contributed by atoms with Gasteiger partial charge in [-0.2, -0.15) is 0 Å². The Labute approximate surface area is 114 Å². The number of carbonyl (C=O) groups excluding carboxylic acids is 2. The summed E-state index contributed by atoms with van der Waals surface area (Å²) >= 11 is 1.18. The molecule has 0 radical (unpaired) electrons. The monoisotopic (exact) mass is 284 g/mol. The molecule has 104 valence electrons. The second-order valence-corrected chi connectivity index (χ2v) is 5.46. The summed E-state index contributed by atoms with van der Waals surface area (Å²) in [6.45, 7) is 2.47. The molecule has 2 rings (SSSR count). The molecule has 2 heterocycles. The minimum absolute atomic E-state index is 0.167. The molecule has 0 bridgehead atoms. The molecule has 1 saturated heterocycles. The second-order valence-electron chi connectivity index (χ2n) is 4.46. The van der Waals surface area contributed by atoms with Gasteiger partial charge in [0.2, 0.25) is 0 Å². The van der Waals surface area contributed by atoms with Crippen molar-refractivity contribution in [2.45, 2.75) is 19.4 Å². The van der Waals surface area contributed by atoms with E-state index in [0.29, 0.717) is 29.4 Å². The summed E-state index contributed by atoms with van der Waals surface area (Å²) in [7, 11) is 1.27. The maximum Gasteiger partial charge on any atom is 0.343 e. The molecule has 0 saturated carbocycles. The van der Waals surface area contributed by atoms with Gasteiger partial charge in [0.05, 0.1) is 23.8 Å². The third-order valence-corrected chi connectivity index (χ3v) is 4.45. The molecule has 1 aliphatic heterocycles. The number of nitrogens with zero attached hydrogens (tertiary/aromatic N) is 1. The first-order chi connectivity index (χ1) is 8.95. The number of methoxy groups -OCH3 is 1. The van der Waals surface area contributed by atoms with Crippen molar-refractivity contribution in [1.29, 1.82) is 0 Å². The number of thiophene rings is 1. The highest BCUT2D eigenvalue weighted by atomic mass is 32.1. The average molecular weight is 284 g/mol. The van der Waals surface area contributed by atoms with Gasteiger partial charge in [0.15, 0.2) is 5.78 Å². The molecule has 6 nitrogen and oxygen atoms in total. The molecule has 1 unspecified atom stereocenters. The fourth-order valence-electron chi connectivity index (χ4n) is 2.14. The van der Waals surface area contributed by atoms with E-state index in [9.17, 15) is 14.7 Å². The molecule has 0 aliphatic carbocycles. The summed E-state index contributed by atoms with van der Waals surface area (Å²) in [6, 6.07) is 0. The molecule has 1 aliphatic rings. The molecule has 1 aromatic rings. The zero-order valence-corrected chi connectivity index (χ0v) is 11.6. The first-order valence-corrected chi connectivity index (χ1v) is 6.71. The van der Waals surface area contributed by atoms with Crippen LogP contribution in [0.1, 0.15) is 33.4 Å². The number of carbonyl (C=O) groups is 2. The van der Waals surface area contributed by atoms with Crippen LogP contribution < -0.4 is 10.6 Å². The molecule has 7 heteroatoms. The Balaban J connectivity index is 2.49. The Hall–Kier alpha value is -1.60. The summed E-state index contributed by atoms with van der Waals surface area (Å²) in [6.07, 6.45) is 0.211. The average Bonchev–Trinajstić information content (AvgIpc) is 2.92. The Morgan fingerprint density at radius 1 is 1.53 bits per heavy atom. The number of rotatable bonds is 3. The first kappa shape index (κ1) is 13.8. The van der Waals surface area contributed by atoms with E-state index in [0.717, 1.165) is 0 Å². The van der Waals surface area contributed by atoms with Gasteiger partial charge in [-0.3, -0.25) is 4.79 Å². The smallest absolute Gasteiger partial charge is 0.343 e. The van der Waals surface area contributed by atoms with E-state index < -0.39 is 12.1 Å². The minimum atomic E-state index is -0.558. The van der Waals surface area contributed by atoms with Crippen LogP contribution in [-0.2, 0) is 4.74 Å². The molecule has 0 aromatic carbocycles. The van der Waals surface area contributed by atoms with Gasteiger partial charge in [-0.05, 0) is 6.42 Å². The number of aliphatic hydroxyl groups is 1. The second kappa shape index (κ2) is 5.18. The largest absolute Gasteiger partial charge is 0.465 e. The lowest BCUT2D eigenvalue weighted by molar-refractivity contribution is 0.0603. The Morgan fingerprint density at radius 2 is 2.21 bits per heavy atom. The summed E-state index contributed by atoms with van der Waals surface area (Å²) in [4.78, 5) is 25.6. The van der Waals surface area contributed by atoms with Crippen LogP contribution in [0.25, 0.3) is 0 Å². The van der Waals surface area contributed by atoms with E-state index >= 15 is 0 Å². The van der Waals surface area contributed by atoms with Crippen molar-refractivity contribution >= 4 is 33.8 Å². The molecule has 19 heavy (non-hydrogen) atoms. The first-order valence-electron chi connectivity index (χ1n) is 5.90. The topological polar surface area (TPSA) is 92.9 Å². The Kier molecular flexibility index (Phi) is 3.77. The van der Waals surface area contributed by atoms with E-state index in [-0.39, 0.29) is 17.0 Å². The van der Waals surface area contributed by atoms with Crippen LogP contribution in [0.2, 0.25) is 0 Å². The summed E-state index contributed by atoms with van der Waals surface area (Å²) in [5.74, 6) is -0.740. The van der Waals surface area contributed by atoms with Crippen molar-refractivity contribution in [3.63, 3.8) is 0 Å². The van der Waals surface area contributed by atoms with E-state index in [4.69, 9.17) is 10.5 Å². The number of ketones is 1. The number of β-amino-alcohol motifs (C(OH)–C–C–N with tert-alkyl or cyclic N) is 1. The van der Waals surface area contributed by atoms with Gasteiger partial charge >= 0.3 is 5.97 Å². The molecular formula is C12H16N2O4S. The molecule has 1 aromatic heterocycles. The van der Waals surface area contributed by atoms with Gasteiger partial charge in [-0.15, -0.1) is 11.3 Å². The lowest BCUT2D eigenvalue weighted by Gasteiger charge is -2.16. The van der Waals surface area contributed by atoms with Gasteiger partial charge in [-0.1, -0.05) is 0 Å². The van der Waals surface area contributed by atoms with E-state index in [1.54, 1.807) is 0 Å². The number of anilines is 2. The fourth-order valence-corrected chi connectivity index (χ4v) is 3.28. The number of ether oxygens (including phenoxy) is 1.